The Morgan fingerprint density at radius 2 is 2.35 bits per heavy atom. The van der Waals surface area contributed by atoms with Crippen LogP contribution in [0.2, 0.25) is 0 Å². The number of rotatable bonds is 5. The Labute approximate surface area is 126 Å². The number of hydrogen-bond acceptors (Lipinski definition) is 5. The van der Waals surface area contributed by atoms with Crippen molar-refractivity contribution in [2.24, 2.45) is 0 Å². The van der Waals surface area contributed by atoms with Gasteiger partial charge >= 0.3 is 5.97 Å². The highest BCUT2D eigenvalue weighted by atomic mass is 32.2. The van der Waals surface area contributed by atoms with Crippen molar-refractivity contribution in [2.75, 3.05) is 24.3 Å². The molecule has 110 valence electrons. The third-order valence-electron chi connectivity index (χ3n) is 3.06. The predicted octanol–water partition coefficient (Wildman–Crippen LogP) is 2.17. The fourth-order valence-corrected chi connectivity index (χ4v) is 3.65. The molecule has 0 radical (unpaired) electrons. The van der Waals surface area contributed by atoms with Crippen LogP contribution in [0.1, 0.15) is 22.7 Å². The zero-order valence-electron chi connectivity index (χ0n) is 11.2. The van der Waals surface area contributed by atoms with Crippen LogP contribution in [0.5, 0.6) is 0 Å². The van der Waals surface area contributed by atoms with Gasteiger partial charge in [-0.05, 0) is 18.4 Å². The first-order valence-corrected chi connectivity index (χ1v) is 8.85. The largest absolute Gasteiger partial charge is 0.481 e. The van der Waals surface area contributed by atoms with Crippen molar-refractivity contribution in [3.63, 3.8) is 0 Å². The highest BCUT2D eigenvalue weighted by molar-refractivity contribution is 7.99. The van der Waals surface area contributed by atoms with Gasteiger partial charge in [0.1, 0.15) is 5.76 Å². The van der Waals surface area contributed by atoms with Crippen molar-refractivity contribution in [1.29, 1.82) is 0 Å². The molecule has 1 aromatic rings. The number of carbonyl (C=O) groups is 2. The lowest BCUT2D eigenvalue weighted by atomic mass is 10.2. The van der Waals surface area contributed by atoms with Crippen molar-refractivity contribution < 1.29 is 19.1 Å². The summed E-state index contributed by atoms with van der Waals surface area (Å²) in [5.74, 6) is 2.21. The Morgan fingerprint density at radius 3 is 3.05 bits per heavy atom. The number of thioether (sulfide) groups is 2. The monoisotopic (exact) mass is 315 g/mol. The second-order valence-corrected chi connectivity index (χ2v) is 6.54. The zero-order valence-corrected chi connectivity index (χ0v) is 12.8. The Bertz CT molecular complexity index is 488. The quantitative estimate of drug-likeness (QED) is 0.898. The van der Waals surface area contributed by atoms with E-state index in [2.05, 4.69) is 0 Å². The summed E-state index contributed by atoms with van der Waals surface area (Å²) in [4.78, 5) is 25.0. The number of aliphatic carboxylic acids is 1. The highest BCUT2D eigenvalue weighted by Gasteiger charge is 2.30. The van der Waals surface area contributed by atoms with Crippen LogP contribution in [0.3, 0.4) is 0 Å². The van der Waals surface area contributed by atoms with Gasteiger partial charge in [-0.25, -0.2) is 0 Å². The molecule has 1 saturated heterocycles. The smallest absolute Gasteiger partial charge is 0.305 e. The van der Waals surface area contributed by atoms with Gasteiger partial charge in [-0.15, -0.1) is 0 Å². The van der Waals surface area contributed by atoms with Crippen molar-refractivity contribution in [1.82, 2.24) is 4.90 Å². The lowest BCUT2D eigenvalue weighted by Gasteiger charge is -2.33. The van der Waals surface area contributed by atoms with E-state index in [1.54, 1.807) is 40.6 Å². The fraction of sp³-hybridized carbons (Fsp3) is 0.538. The van der Waals surface area contributed by atoms with Gasteiger partial charge in [0.15, 0.2) is 5.76 Å². The van der Waals surface area contributed by atoms with E-state index in [0.717, 1.165) is 17.3 Å². The van der Waals surface area contributed by atoms with E-state index in [0.29, 0.717) is 18.1 Å². The van der Waals surface area contributed by atoms with E-state index in [9.17, 15) is 9.59 Å². The maximum atomic E-state index is 12.4. The minimum absolute atomic E-state index is 0.0167. The molecule has 7 heteroatoms. The molecule has 1 unspecified atom stereocenters. The molecule has 5 nitrogen and oxygen atoms in total. The van der Waals surface area contributed by atoms with Gasteiger partial charge in [-0.3, -0.25) is 9.59 Å². The zero-order chi connectivity index (χ0) is 14.5. The molecule has 1 N–H and O–H groups in total. The van der Waals surface area contributed by atoms with Gasteiger partial charge in [0, 0.05) is 18.1 Å². The van der Waals surface area contributed by atoms with Crippen molar-refractivity contribution in [3.05, 3.63) is 23.7 Å². The first-order valence-electron chi connectivity index (χ1n) is 6.30. The number of amides is 1. The average molecular weight is 315 g/mol. The molecular weight excluding hydrogens is 298 g/mol. The molecule has 1 atom stereocenters. The maximum absolute atomic E-state index is 12.4. The molecule has 0 bridgehead atoms. The Kier molecular flexibility index (Phi) is 5.42. The summed E-state index contributed by atoms with van der Waals surface area (Å²) in [7, 11) is 0. The Balaban J connectivity index is 2.09. The van der Waals surface area contributed by atoms with Gasteiger partial charge in [0.2, 0.25) is 0 Å². The van der Waals surface area contributed by atoms with Crippen molar-refractivity contribution in [3.8, 4) is 0 Å². The van der Waals surface area contributed by atoms with Crippen LogP contribution in [-0.2, 0) is 10.5 Å². The Hall–Kier alpha value is -1.08. The lowest BCUT2D eigenvalue weighted by Crippen LogP contribution is -2.47. The second kappa shape index (κ2) is 7.08. The van der Waals surface area contributed by atoms with Gasteiger partial charge in [-0.1, -0.05) is 0 Å². The molecule has 0 aliphatic carbocycles. The van der Waals surface area contributed by atoms with Gasteiger partial charge in [0.05, 0.1) is 18.2 Å². The molecule has 0 spiro atoms. The summed E-state index contributed by atoms with van der Waals surface area (Å²) in [5.41, 5.74) is 0. The predicted molar refractivity (Wildman–Crippen MR) is 80.3 cm³/mol. The number of hydrogen-bond donors (Lipinski definition) is 1. The molecule has 2 heterocycles. The highest BCUT2D eigenvalue weighted by Crippen LogP contribution is 2.22. The minimum atomic E-state index is -0.877. The molecule has 1 aliphatic rings. The number of carbonyl (C=O) groups excluding carboxylic acids is 1. The van der Waals surface area contributed by atoms with Gasteiger partial charge in [-0.2, -0.15) is 23.5 Å². The van der Waals surface area contributed by atoms with Crippen molar-refractivity contribution >= 4 is 35.4 Å². The van der Waals surface area contributed by atoms with E-state index in [4.69, 9.17) is 9.52 Å². The summed E-state index contributed by atoms with van der Waals surface area (Å²) in [6, 6.07) is 3.22. The fourth-order valence-electron chi connectivity index (χ4n) is 2.15. The standard InChI is InChI=1S/C13H17NO4S2/c1-19-8-10-2-3-11(18-10)13(17)14-4-5-20-7-9(14)6-12(15)16/h2-3,9H,4-8H2,1H3,(H,15,16). The van der Waals surface area contributed by atoms with Crippen LogP contribution in [0.15, 0.2) is 16.5 Å². The minimum Gasteiger partial charge on any atom is -0.481 e. The molecule has 1 fully saturated rings. The molecule has 1 aromatic heterocycles. The number of carboxylic acids is 1. The summed E-state index contributed by atoms with van der Waals surface area (Å²) >= 11 is 3.31. The molecule has 20 heavy (non-hydrogen) atoms. The van der Waals surface area contributed by atoms with Crippen LogP contribution in [0.4, 0.5) is 0 Å². The average Bonchev–Trinajstić information content (AvgIpc) is 2.87. The molecule has 0 saturated carbocycles. The van der Waals surface area contributed by atoms with E-state index in [1.807, 2.05) is 6.26 Å². The van der Waals surface area contributed by atoms with Crippen LogP contribution in [-0.4, -0.2) is 52.2 Å². The molecule has 2 rings (SSSR count). The van der Waals surface area contributed by atoms with E-state index >= 15 is 0 Å². The summed E-state index contributed by atoms with van der Waals surface area (Å²) in [6.07, 6.45) is 1.95. The second-order valence-electron chi connectivity index (χ2n) is 4.52. The van der Waals surface area contributed by atoms with Crippen LogP contribution >= 0.6 is 23.5 Å². The first-order chi connectivity index (χ1) is 9.61. The molecule has 1 aliphatic heterocycles. The first kappa shape index (κ1) is 15.3. The van der Waals surface area contributed by atoms with Crippen LogP contribution in [0.25, 0.3) is 0 Å². The summed E-state index contributed by atoms with van der Waals surface area (Å²) in [5, 5.41) is 8.94. The van der Waals surface area contributed by atoms with Gasteiger partial charge < -0.3 is 14.4 Å². The van der Waals surface area contributed by atoms with E-state index in [1.165, 1.54) is 0 Å². The van der Waals surface area contributed by atoms with Crippen LogP contribution in [0, 0.1) is 0 Å². The lowest BCUT2D eigenvalue weighted by molar-refractivity contribution is -0.138. The van der Waals surface area contributed by atoms with Gasteiger partial charge in [0.25, 0.3) is 5.91 Å². The third-order valence-corrected chi connectivity index (χ3v) is 4.72. The third kappa shape index (κ3) is 3.73. The van der Waals surface area contributed by atoms with E-state index < -0.39 is 5.97 Å². The number of furan rings is 1. The molecule has 0 aromatic carbocycles. The SMILES string of the molecule is CSCc1ccc(C(=O)N2CCSCC2CC(=O)O)o1. The molecular formula is C13H17NO4S2. The normalized spacial score (nSPS) is 19.1. The summed E-state index contributed by atoms with van der Waals surface area (Å²) in [6.45, 7) is 0.569. The summed E-state index contributed by atoms with van der Waals surface area (Å²) < 4.78 is 5.53. The number of nitrogens with zero attached hydrogens (tertiary/aromatic N) is 1. The van der Waals surface area contributed by atoms with Crippen LogP contribution < -0.4 is 0 Å². The Morgan fingerprint density at radius 1 is 1.55 bits per heavy atom. The number of carboxylic acid groups (broad SMARTS) is 1. The molecule has 1 amide bonds. The van der Waals surface area contributed by atoms with Crippen molar-refractivity contribution in [2.45, 2.75) is 18.2 Å². The van der Waals surface area contributed by atoms with E-state index in [-0.39, 0.29) is 18.4 Å². The maximum Gasteiger partial charge on any atom is 0.305 e. The topological polar surface area (TPSA) is 70.8 Å².